The molecule has 0 aliphatic rings. The Balaban J connectivity index is 2.64. The zero-order valence-electron chi connectivity index (χ0n) is 9.67. The summed E-state index contributed by atoms with van der Waals surface area (Å²) in [6, 6.07) is 3.33. The molecule has 0 aliphatic carbocycles. The van der Waals surface area contributed by atoms with Crippen molar-refractivity contribution in [2.75, 3.05) is 13.1 Å². The summed E-state index contributed by atoms with van der Waals surface area (Å²) in [5.41, 5.74) is 4.83. The van der Waals surface area contributed by atoms with Gasteiger partial charge in [-0.25, -0.2) is 8.78 Å². The summed E-state index contributed by atoms with van der Waals surface area (Å²) in [5.74, 6) is -2.26. The number of amides is 1. The zero-order chi connectivity index (χ0) is 12.8. The van der Waals surface area contributed by atoms with Crippen molar-refractivity contribution < 1.29 is 13.6 Å². The second-order valence-electron chi connectivity index (χ2n) is 3.99. The first kappa shape index (κ1) is 13.6. The van der Waals surface area contributed by atoms with E-state index >= 15 is 0 Å². The average molecular weight is 242 g/mol. The molecule has 1 aromatic rings. The lowest BCUT2D eigenvalue weighted by atomic mass is 10.1. The Labute approximate surface area is 99.0 Å². The van der Waals surface area contributed by atoms with Crippen LogP contribution in [0.1, 0.15) is 23.7 Å². The molecule has 0 saturated heterocycles. The molecule has 3 N–H and O–H groups in total. The van der Waals surface area contributed by atoms with Crippen molar-refractivity contribution in [3.8, 4) is 0 Å². The first-order chi connectivity index (χ1) is 8.06. The quantitative estimate of drug-likeness (QED) is 0.825. The van der Waals surface area contributed by atoms with Crippen LogP contribution in [0.5, 0.6) is 0 Å². The first-order valence-electron chi connectivity index (χ1n) is 5.48. The fourth-order valence-electron chi connectivity index (χ4n) is 1.46. The smallest absolute Gasteiger partial charge is 0.257 e. The SMILES string of the molecule is CC(CCN)CNC(=O)c1c(F)cccc1F. The lowest BCUT2D eigenvalue weighted by molar-refractivity contribution is 0.0939. The summed E-state index contributed by atoms with van der Waals surface area (Å²) < 4.78 is 26.5. The van der Waals surface area contributed by atoms with Crippen molar-refractivity contribution in [1.29, 1.82) is 0 Å². The fraction of sp³-hybridized carbons (Fsp3) is 0.417. The van der Waals surface area contributed by atoms with Crippen molar-refractivity contribution in [3.05, 3.63) is 35.4 Å². The van der Waals surface area contributed by atoms with E-state index in [1.165, 1.54) is 6.07 Å². The van der Waals surface area contributed by atoms with Crippen LogP contribution in [0, 0.1) is 17.6 Å². The average Bonchev–Trinajstić information content (AvgIpc) is 2.26. The van der Waals surface area contributed by atoms with Crippen molar-refractivity contribution in [2.45, 2.75) is 13.3 Å². The Morgan fingerprint density at radius 2 is 2.00 bits per heavy atom. The van der Waals surface area contributed by atoms with E-state index in [9.17, 15) is 13.6 Å². The molecule has 0 bridgehead atoms. The van der Waals surface area contributed by atoms with Gasteiger partial charge in [-0.05, 0) is 31.0 Å². The Kier molecular flexibility index (Phi) is 5.03. The van der Waals surface area contributed by atoms with Gasteiger partial charge in [0, 0.05) is 6.54 Å². The van der Waals surface area contributed by atoms with Crippen LogP contribution in [0.2, 0.25) is 0 Å². The van der Waals surface area contributed by atoms with E-state index in [4.69, 9.17) is 5.73 Å². The Bertz CT molecular complexity index is 376. The molecule has 0 spiro atoms. The Hall–Kier alpha value is -1.49. The van der Waals surface area contributed by atoms with Gasteiger partial charge in [0.15, 0.2) is 0 Å². The van der Waals surface area contributed by atoms with E-state index in [1.807, 2.05) is 6.92 Å². The molecule has 0 fully saturated rings. The van der Waals surface area contributed by atoms with Gasteiger partial charge in [0.25, 0.3) is 5.91 Å². The van der Waals surface area contributed by atoms with E-state index in [2.05, 4.69) is 5.32 Å². The molecule has 5 heteroatoms. The van der Waals surface area contributed by atoms with Crippen molar-refractivity contribution in [2.24, 2.45) is 11.7 Å². The number of hydrogen-bond donors (Lipinski definition) is 2. The van der Waals surface area contributed by atoms with Crippen LogP contribution in [0.3, 0.4) is 0 Å². The number of nitrogens with two attached hydrogens (primary N) is 1. The molecule has 0 aliphatic heterocycles. The predicted molar refractivity (Wildman–Crippen MR) is 61.5 cm³/mol. The zero-order valence-corrected chi connectivity index (χ0v) is 9.67. The maximum atomic E-state index is 13.3. The molecular weight excluding hydrogens is 226 g/mol. The summed E-state index contributed by atoms with van der Waals surface area (Å²) in [5, 5.41) is 2.49. The number of carbonyl (C=O) groups excluding carboxylic acids is 1. The van der Waals surface area contributed by atoms with Crippen LogP contribution in [-0.4, -0.2) is 19.0 Å². The minimum absolute atomic E-state index is 0.179. The van der Waals surface area contributed by atoms with Crippen LogP contribution in [0.25, 0.3) is 0 Å². The molecule has 0 radical (unpaired) electrons. The lowest BCUT2D eigenvalue weighted by Gasteiger charge is -2.12. The number of nitrogens with one attached hydrogen (secondary N) is 1. The summed E-state index contributed by atoms with van der Waals surface area (Å²) >= 11 is 0. The summed E-state index contributed by atoms with van der Waals surface area (Å²) in [6.45, 7) is 2.78. The maximum Gasteiger partial charge on any atom is 0.257 e. The fourth-order valence-corrected chi connectivity index (χ4v) is 1.46. The van der Waals surface area contributed by atoms with Crippen LogP contribution in [0.15, 0.2) is 18.2 Å². The van der Waals surface area contributed by atoms with E-state index in [-0.39, 0.29) is 5.92 Å². The van der Waals surface area contributed by atoms with E-state index < -0.39 is 23.1 Å². The molecule has 1 unspecified atom stereocenters. The van der Waals surface area contributed by atoms with Gasteiger partial charge < -0.3 is 11.1 Å². The molecule has 94 valence electrons. The van der Waals surface area contributed by atoms with Gasteiger partial charge in [-0.3, -0.25) is 4.79 Å². The highest BCUT2D eigenvalue weighted by atomic mass is 19.1. The number of rotatable bonds is 5. The first-order valence-corrected chi connectivity index (χ1v) is 5.48. The van der Waals surface area contributed by atoms with Crippen LogP contribution in [-0.2, 0) is 0 Å². The topological polar surface area (TPSA) is 55.1 Å². The summed E-state index contributed by atoms with van der Waals surface area (Å²) in [6.07, 6.45) is 0.750. The summed E-state index contributed by atoms with van der Waals surface area (Å²) in [4.78, 5) is 11.6. The molecule has 17 heavy (non-hydrogen) atoms. The Morgan fingerprint density at radius 1 is 1.41 bits per heavy atom. The molecule has 0 aromatic heterocycles. The van der Waals surface area contributed by atoms with Crippen molar-refractivity contribution in [3.63, 3.8) is 0 Å². The summed E-state index contributed by atoms with van der Waals surface area (Å²) in [7, 11) is 0. The van der Waals surface area contributed by atoms with Gasteiger partial charge in [0.05, 0.1) is 0 Å². The third-order valence-corrected chi connectivity index (χ3v) is 2.46. The molecule has 1 aromatic carbocycles. The van der Waals surface area contributed by atoms with Gasteiger partial charge in [-0.15, -0.1) is 0 Å². The molecule has 1 rings (SSSR count). The van der Waals surface area contributed by atoms with Gasteiger partial charge in [-0.2, -0.15) is 0 Å². The molecule has 3 nitrogen and oxygen atoms in total. The van der Waals surface area contributed by atoms with Crippen LogP contribution >= 0.6 is 0 Å². The van der Waals surface area contributed by atoms with Crippen molar-refractivity contribution in [1.82, 2.24) is 5.32 Å². The second kappa shape index (κ2) is 6.30. The minimum atomic E-state index is -0.853. The third-order valence-electron chi connectivity index (χ3n) is 2.46. The van der Waals surface area contributed by atoms with Gasteiger partial charge in [0.2, 0.25) is 0 Å². The highest BCUT2D eigenvalue weighted by Gasteiger charge is 2.16. The monoisotopic (exact) mass is 242 g/mol. The van der Waals surface area contributed by atoms with E-state index in [0.717, 1.165) is 18.6 Å². The largest absolute Gasteiger partial charge is 0.352 e. The van der Waals surface area contributed by atoms with E-state index in [1.54, 1.807) is 0 Å². The molecule has 0 saturated carbocycles. The predicted octanol–water partition coefficient (Wildman–Crippen LogP) is 1.68. The Morgan fingerprint density at radius 3 is 2.53 bits per heavy atom. The molecule has 1 atom stereocenters. The third kappa shape index (κ3) is 3.78. The van der Waals surface area contributed by atoms with Gasteiger partial charge in [-0.1, -0.05) is 13.0 Å². The maximum absolute atomic E-state index is 13.3. The van der Waals surface area contributed by atoms with Crippen molar-refractivity contribution >= 4 is 5.91 Å². The number of carbonyl (C=O) groups is 1. The second-order valence-corrected chi connectivity index (χ2v) is 3.99. The van der Waals surface area contributed by atoms with E-state index in [0.29, 0.717) is 13.1 Å². The highest BCUT2D eigenvalue weighted by molar-refractivity contribution is 5.94. The minimum Gasteiger partial charge on any atom is -0.352 e. The molecule has 0 heterocycles. The van der Waals surface area contributed by atoms with Gasteiger partial charge in [0.1, 0.15) is 17.2 Å². The van der Waals surface area contributed by atoms with Crippen LogP contribution < -0.4 is 11.1 Å². The standard InChI is InChI=1S/C12H16F2N2O/c1-8(5-6-15)7-16-12(17)11-9(13)3-2-4-10(11)14/h2-4,8H,5-7,15H2,1H3,(H,16,17). The molecular formula is C12H16F2N2O. The highest BCUT2D eigenvalue weighted by Crippen LogP contribution is 2.11. The van der Waals surface area contributed by atoms with Crippen LogP contribution in [0.4, 0.5) is 8.78 Å². The van der Waals surface area contributed by atoms with Gasteiger partial charge >= 0.3 is 0 Å². The number of hydrogen-bond acceptors (Lipinski definition) is 2. The molecule has 1 amide bonds. The number of halogens is 2. The number of benzene rings is 1. The normalized spacial score (nSPS) is 12.2. The lowest BCUT2D eigenvalue weighted by Crippen LogP contribution is -2.30.